The highest BCUT2D eigenvalue weighted by atomic mass is 16.3. The van der Waals surface area contributed by atoms with Crippen LogP contribution in [0.4, 0.5) is 102 Å². The SMILES string of the molecule is c1ccc(-c2ccccc2N(c2ccccc2)c2ccc3c(c2)oc2ccc(N(c4ccccc4)c4ccc5c(c4)c4ccc(N(c6ccccc6)c6ccc7ccccc7c6)cc4n5-c4ccccc4)cc23)cc1.c1ccc(N(c2ccccc2)c2ccc3c(c2)oc2ccc(N(c4ccccc4)c4ccc5c(c4)c4ccc(N(c6ccccc6)c6ccccc6)cc4n5-c4ccccc4)cc23)cc1. The van der Waals surface area contributed by atoms with E-state index in [-0.39, 0.29) is 0 Å². The largest absolute Gasteiger partial charge is 0.456 e. The standard InChI is InChI=1S/C70H48N4O.C60H42N4O/c1-6-21-50(22-7-1)61-32-18-19-33-66(61)73(54-28-12-4-13-29-54)60-37-41-63-65-46-58(39-43-69(65)75-70(63)48-60)72(53-26-10-3-11-27-53)57-38-42-67-64(45-57)62-40-36-59(47-68(62)74(67)55-30-14-5-15-31-55)71(52-24-8-2-9-25-52)56-35-34-49-20-16-17-23-51(49)44-56;1-7-19-43(20-8-1)61(44-21-9-2-10-22-44)51-31-35-53-55-39-49(33-37-57(55)64(58(53)41-51)48-29-17-6-18-30-48)63(47-27-15-5-16-28-47)50-34-38-59-56(40-50)54-36-32-52(42-60(54)65-59)62(45-23-11-3-12-24-45)46-25-13-4-14-26-46/h1-48H;1-42H. The van der Waals surface area contributed by atoms with Crippen molar-refractivity contribution in [3.05, 3.63) is 546 Å². The summed E-state index contributed by atoms with van der Waals surface area (Å²) in [4.78, 5) is 14.0. The molecule has 10 heteroatoms. The maximum absolute atomic E-state index is 6.78. The number of para-hydroxylation sites is 11. The van der Waals surface area contributed by atoms with Gasteiger partial charge in [0.15, 0.2) is 0 Å². The van der Waals surface area contributed by atoms with Gasteiger partial charge in [-0.2, -0.15) is 0 Å². The number of benzene rings is 22. The van der Waals surface area contributed by atoms with Gasteiger partial charge >= 0.3 is 0 Å². The number of anilines is 18. The first-order valence-corrected chi connectivity index (χ1v) is 47.5. The van der Waals surface area contributed by atoms with Crippen molar-refractivity contribution in [2.75, 3.05) is 29.4 Å². The molecule has 662 valence electrons. The molecule has 140 heavy (non-hydrogen) atoms. The zero-order valence-corrected chi connectivity index (χ0v) is 76.4. The predicted octanol–water partition coefficient (Wildman–Crippen LogP) is 37.0. The van der Waals surface area contributed by atoms with Gasteiger partial charge in [-0.1, -0.05) is 273 Å². The summed E-state index contributed by atoms with van der Waals surface area (Å²) in [7, 11) is 0. The van der Waals surface area contributed by atoms with Crippen LogP contribution in [-0.4, -0.2) is 9.13 Å². The maximum atomic E-state index is 6.78. The summed E-state index contributed by atoms with van der Waals surface area (Å²) in [6, 6.07) is 194. The fourth-order valence-corrected chi connectivity index (χ4v) is 20.5. The maximum Gasteiger partial charge on any atom is 0.137 e. The van der Waals surface area contributed by atoms with E-state index < -0.39 is 0 Å². The predicted molar refractivity (Wildman–Crippen MR) is 587 cm³/mol. The summed E-state index contributed by atoms with van der Waals surface area (Å²) in [5, 5.41) is 11.3. The van der Waals surface area contributed by atoms with E-state index >= 15 is 0 Å². The Hall–Kier alpha value is -18.9. The first kappa shape index (κ1) is 83.0. The first-order valence-electron chi connectivity index (χ1n) is 47.5. The van der Waals surface area contributed by atoms with Gasteiger partial charge in [0.25, 0.3) is 0 Å². The van der Waals surface area contributed by atoms with Crippen LogP contribution in [0.25, 0.3) is 121 Å². The Morgan fingerprint density at radius 1 is 0.143 bits per heavy atom. The molecule has 0 fully saturated rings. The number of rotatable bonds is 21. The molecular formula is C130H90N8O2. The Balaban J connectivity index is 0.000000149. The minimum absolute atomic E-state index is 0.824. The lowest BCUT2D eigenvalue weighted by atomic mass is 10.0. The lowest BCUT2D eigenvalue weighted by molar-refractivity contribution is 0.668. The first-order chi connectivity index (χ1) is 69.4. The van der Waals surface area contributed by atoms with Gasteiger partial charge in [-0.15, -0.1) is 0 Å². The third-order valence-electron chi connectivity index (χ3n) is 26.8. The van der Waals surface area contributed by atoms with E-state index in [0.717, 1.165) is 196 Å². The summed E-state index contributed by atoms with van der Waals surface area (Å²) in [6.07, 6.45) is 0. The lowest BCUT2D eigenvalue weighted by Crippen LogP contribution is -2.11. The van der Waals surface area contributed by atoms with Crippen molar-refractivity contribution in [3.8, 4) is 22.5 Å². The van der Waals surface area contributed by atoms with E-state index in [9.17, 15) is 0 Å². The van der Waals surface area contributed by atoms with Gasteiger partial charge in [0, 0.05) is 169 Å². The molecule has 22 aromatic carbocycles. The molecule has 0 radical (unpaired) electrons. The molecule has 0 aliphatic heterocycles. The Bertz CT molecular complexity index is 8920. The van der Waals surface area contributed by atoms with Crippen LogP contribution in [0.15, 0.2) is 555 Å². The Labute approximate surface area is 810 Å². The van der Waals surface area contributed by atoms with E-state index in [1.807, 2.05) is 0 Å². The summed E-state index contributed by atoms with van der Waals surface area (Å²) < 4.78 is 18.2. The quantitative estimate of drug-likeness (QED) is 0.0705. The van der Waals surface area contributed by atoms with Crippen molar-refractivity contribution in [1.29, 1.82) is 0 Å². The van der Waals surface area contributed by atoms with Crippen LogP contribution in [0.3, 0.4) is 0 Å². The third-order valence-corrected chi connectivity index (χ3v) is 26.8. The molecule has 0 bridgehead atoms. The van der Waals surface area contributed by atoms with E-state index in [2.05, 4.69) is 585 Å². The summed E-state index contributed by atoms with van der Waals surface area (Å²) >= 11 is 0. The number of aromatic nitrogens is 2. The molecule has 0 aliphatic rings. The number of furan rings is 2. The highest BCUT2D eigenvalue weighted by Crippen LogP contribution is 2.51. The van der Waals surface area contributed by atoms with Gasteiger partial charge in [0.1, 0.15) is 22.3 Å². The average molecular weight is 1800 g/mol. The van der Waals surface area contributed by atoms with Crippen molar-refractivity contribution in [3.63, 3.8) is 0 Å². The fourth-order valence-electron chi connectivity index (χ4n) is 20.5. The smallest absolute Gasteiger partial charge is 0.137 e. The van der Waals surface area contributed by atoms with E-state index in [4.69, 9.17) is 8.83 Å². The zero-order valence-electron chi connectivity index (χ0n) is 76.4. The molecule has 26 aromatic rings. The van der Waals surface area contributed by atoms with Crippen LogP contribution < -0.4 is 29.4 Å². The second kappa shape index (κ2) is 36.1. The molecule has 4 heterocycles. The molecule has 4 aromatic heterocycles. The van der Waals surface area contributed by atoms with Crippen molar-refractivity contribution >= 4 is 201 Å². The second-order valence-electron chi connectivity index (χ2n) is 35.2. The van der Waals surface area contributed by atoms with Gasteiger partial charge < -0.3 is 47.4 Å². The van der Waals surface area contributed by atoms with Gasteiger partial charge in [-0.25, -0.2) is 0 Å². The Kier molecular flexibility index (Phi) is 21.4. The second-order valence-corrected chi connectivity index (χ2v) is 35.2. The molecule has 0 N–H and O–H groups in total. The third kappa shape index (κ3) is 15.4. The summed E-state index contributed by atoms with van der Waals surface area (Å²) in [6.45, 7) is 0. The van der Waals surface area contributed by atoms with Crippen LogP contribution in [0, 0.1) is 0 Å². The Morgan fingerprint density at radius 2 is 0.407 bits per heavy atom. The van der Waals surface area contributed by atoms with Crippen LogP contribution >= 0.6 is 0 Å². The van der Waals surface area contributed by atoms with Crippen LogP contribution in [0.5, 0.6) is 0 Å². The normalized spacial score (nSPS) is 11.4. The minimum atomic E-state index is 0.824. The van der Waals surface area contributed by atoms with E-state index in [1.165, 1.54) is 26.9 Å². The molecule has 0 saturated carbocycles. The Morgan fingerprint density at radius 3 is 0.793 bits per heavy atom. The van der Waals surface area contributed by atoms with Crippen LogP contribution in [0.2, 0.25) is 0 Å². The summed E-state index contributed by atoms with van der Waals surface area (Å²) in [5.41, 5.74) is 31.6. The molecule has 26 rings (SSSR count). The molecule has 10 nitrogen and oxygen atoms in total. The highest BCUT2D eigenvalue weighted by Gasteiger charge is 2.28. The average Bonchev–Trinajstić information content (AvgIpc) is 1.58. The summed E-state index contributed by atoms with van der Waals surface area (Å²) in [5.74, 6) is 0. The van der Waals surface area contributed by atoms with Crippen LogP contribution in [0.1, 0.15) is 0 Å². The molecular weight excluding hydrogens is 1710 g/mol. The van der Waals surface area contributed by atoms with Crippen molar-refractivity contribution in [2.24, 2.45) is 0 Å². The highest BCUT2D eigenvalue weighted by molar-refractivity contribution is 6.15. The molecule has 0 amide bonds. The van der Waals surface area contributed by atoms with Gasteiger partial charge in [-0.3, -0.25) is 0 Å². The number of fused-ring (bicyclic) bond motifs is 13. The van der Waals surface area contributed by atoms with Gasteiger partial charge in [0.05, 0.1) is 27.8 Å². The molecule has 0 spiro atoms. The minimum Gasteiger partial charge on any atom is -0.456 e. The van der Waals surface area contributed by atoms with Crippen molar-refractivity contribution < 1.29 is 8.83 Å². The van der Waals surface area contributed by atoms with Crippen molar-refractivity contribution in [1.82, 2.24) is 9.13 Å². The van der Waals surface area contributed by atoms with Gasteiger partial charge in [0.2, 0.25) is 0 Å². The van der Waals surface area contributed by atoms with Gasteiger partial charge in [-0.05, 0) is 277 Å². The molecule has 0 aliphatic carbocycles. The van der Waals surface area contributed by atoms with E-state index in [0.29, 0.717) is 0 Å². The molecule has 0 unspecified atom stereocenters. The lowest BCUT2D eigenvalue weighted by Gasteiger charge is -2.27. The fraction of sp³-hybridized carbons (Fsp3) is 0. The van der Waals surface area contributed by atoms with Crippen molar-refractivity contribution in [2.45, 2.75) is 0 Å². The number of hydrogen-bond donors (Lipinski definition) is 0. The zero-order chi connectivity index (χ0) is 92.8. The topological polar surface area (TPSA) is 55.6 Å². The van der Waals surface area contributed by atoms with Crippen LogP contribution in [-0.2, 0) is 0 Å². The molecule has 0 atom stereocenters. The van der Waals surface area contributed by atoms with E-state index in [1.54, 1.807) is 0 Å². The monoisotopic (exact) mass is 1790 g/mol. The molecule has 0 saturated heterocycles. The number of hydrogen-bond acceptors (Lipinski definition) is 8. The number of nitrogens with zero attached hydrogens (tertiary/aromatic N) is 8.